The summed E-state index contributed by atoms with van der Waals surface area (Å²) in [6.45, 7) is 5.26. The Morgan fingerprint density at radius 1 is 1.00 bits per heavy atom. The third kappa shape index (κ3) is 3.14. The fraction of sp³-hybridized carbons (Fsp3) is 0.350. The fourth-order valence-electron chi connectivity index (χ4n) is 3.01. The molecule has 1 heterocycles. The molecule has 0 radical (unpaired) electrons. The van der Waals surface area contributed by atoms with Crippen LogP contribution in [0.25, 0.3) is 11.1 Å². The molecule has 0 saturated heterocycles. The number of hydrogen-bond donors (Lipinski definition) is 1. The summed E-state index contributed by atoms with van der Waals surface area (Å²) in [7, 11) is 3.21. The van der Waals surface area contributed by atoms with Gasteiger partial charge in [-0.25, -0.2) is 0 Å². The molecule has 1 N–H and O–H groups in total. The van der Waals surface area contributed by atoms with Gasteiger partial charge in [0.15, 0.2) is 11.5 Å². The maximum absolute atomic E-state index is 12.0. The largest absolute Gasteiger partial charge is 0.493 e. The predicted octanol–water partition coefficient (Wildman–Crippen LogP) is 3.65. The van der Waals surface area contributed by atoms with E-state index in [1.54, 1.807) is 14.2 Å². The molecule has 132 valence electrons. The molecule has 0 bridgehead atoms. The van der Waals surface area contributed by atoms with Crippen LogP contribution in [0.3, 0.4) is 0 Å². The van der Waals surface area contributed by atoms with Gasteiger partial charge in [-0.05, 0) is 35.2 Å². The molecule has 2 aromatic carbocycles. The number of hydrogen-bond acceptors (Lipinski definition) is 4. The molecule has 0 aliphatic carbocycles. The van der Waals surface area contributed by atoms with Crippen LogP contribution >= 0.6 is 0 Å². The molecule has 0 saturated carbocycles. The third-order valence-corrected chi connectivity index (χ3v) is 4.20. The second kappa shape index (κ2) is 7.05. The highest BCUT2D eigenvalue weighted by atomic mass is 16.5. The van der Waals surface area contributed by atoms with Gasteiger partial charge in [-0.15, -0.1) is 0 Å². The zero-order valence-corrected chi connectivity index (χ0v) is 15.0. The maximum atomic E-state index is 12.0. The molecule has 0 fully saturated rings. The Balaban J connectivity index is 2.18. The number of amides is 1. The number of carbonyl (C=O) groups excluding carboxylic acids is 1. The molecule has 25 heavy (non-hydrogen) atoms. The van der Waals surface area contributed by atoms with Crippen molar-refractivity contribution in [3.63, 3.8) is 0 Å². The van der Waals surface area contributed by atoms with E-state index in [1.165, 1.54) is 0 Å². The standard InChI is InChI=1S/C20H23NO4/c1-12(2)11-25-18-14(8-9-17(23-3)19(18)24-4)13-6-5-7-15-16(13)10-21-20(15)22/h5-9,12H,10-11H2,1-4H3,(H,21,22). The average Bonchev–Trinajstić information content (AvgIpc) is 3.00. The number of rotatable bonds is 6. The Labute approximate surface area is 147 Å². The Kier molecular flexibility index (Phi) is 4.83. The van der Waals surface area contributed by atoms with Crippen molar-refractivity contribution in [2.75, 3.05) is 20.8 Å². The van der Waals surface area contributed by atoms with E-state index in [9.17, 15) is 4.79 Å². The van der Waals surface area contributed by atoms with Crippen LogP contribution in [0.5, 0.6) is 17.2 Å². The minimum absolute atomic E-state index is 0.0398. The number of methoxy groups -OCH3 is 2. The lowest BCUT2D eigenvalue weighted by Crippen LogP contribution is -2.12. The van der Waals surface area contributed by atoms with Gasteiger partial charge < -0.3 is 19.5 Å². The van der Waals surface area contributed by atoms with Crippen molar-refractivity contribution in [1.82, 2.24) is 5.32 Å². The minimum atomic E-state index is -0.0398. The van der Waals surface area contributed by atoms with E-state index in [1.807, 2.05) is 30.3 Å². The molecule has 5 heteroatoms. The highest BCUT2D eigenvalue weighted by Crippen LogP contribution is 2.46. The molecular weight excluding hydrogens is 318 g/mol. The van der Waals surface area contributed by atoms with Crippen LogP contribution in [-0.2, 0) is 6.54 Å². The van der Waals surface area contributed by atoms with Gasteiger partial charge in [0.05, 0.1) is 20.8 Å². The summed E-state index contributed by atoms with van der Waals surface area (Å²) < 4.78 is 17.1. The van der Waals surface area contributed by atoms with Crippen molar-refractivity contribution in [3.05, 3.63) is 41.5 Å². The van der Waals surface area contributed by atoms with Crippen molar-refractivity contribution >= 4 is 5.91 Å². The van der Waals surface area contributed by atoms with Crippen molar-refractivity contribution in [3.8, 4) is 28.4 Å². The van der Waals surface area contributed by atoms with Crippen LogP contribution in [0.2, 0.25) is 0 Å². The highest BCUT2D eigenvalue weighted by Gasteiger charge is 2.25. The summed E-state index contributed by atoms with van der Waals surface area (Å²) in [5, 5.41) is 2.88. The average molecular weight is 341 g/mol. The van der Waals surface area contributed by atoms with Gasteiger partial charge in [-0.2, -0.15) is 0 Å². The van der Waals surface area contributed by atoms with Crippen LogP contribution in [0.4, 0.5) is 0 Å². The van der Waals surface area contributed by atoms with Crippen LogP contribution in [0, 0.1) is 5.92 Å². The Hall–Kier alpha value is -2.69. The van der Waals surface area contributed by atoms with E-state index < -0.39 is 0 Å². The fourth-order valence-corrected chi connectivity index (χ4v) is 3.01. The first kappa shape index (κ1) is 17.1. The van der Waals surface area contributed by atoms with Crippen molar-refractivity contribution in [2.45, 2.75) is 20.4 Å². The van der Waals surface area contributed by atoms with Crippen LogP contribution in [-0.4, -0.2) is 26.7 Å². The lowest BCUT2D eigenvalue weighted by molar-refractivity contribution is 0.0966. The van der Waals surface area contributed by atoms with Gasteiger partial charge in [0, 0.05) is 17.7 Å². The minimum Gasteiger partial charge on any atom is -0.493 e. The molecule has 1 aliphatic rings. The summed E-state index contributed by atoms with van der Waals surface area (Å²) in [5.41, 5.74) is 3.55. The van der Waals surface area contributed by atoms with Crippen LogP contribution in [0.15, 0.2) is 30.3 Å². The first-order valence-corrected chi connectivity index (χ1v) is 8.35. The van der Waals surface area contributed by atoms with E-state index in [0.717, 1.165) is 16.7 Å². The lowest BCUT2D eigenvalue weighted by Gasteiger charge is -2.19. The molecule has 1 amide bonds. The van der Waals surface area contributed by atoms with Gasteiger partial charge in [-0.1, -0.05) is 26.0 Å². The molecule has 1 aliphatic heterocycles. The Bertz CT molecular complexity index is 799. The molecular formula is C20H23NO4. The monoisotopic (exact) mass is 341 g/mol. The van der Waals surface area contributed by atoms with Crippen LogP contribution < -0.4 is 19.5 Å². The van der Waals surface area contributed by atoms with E-state index in [2.05, 4.69) is 19.2 Å². The van der Waals surface area contributed by atoms with E-state index in [-0.39, 0.29) is 5.91 Å². The predicted molar refractivity (Wildman–Crippen MR) is 96.5 cm³/mol. The summed E-state index contributed by atoms with van der Waals surface area (Å²) in [6, 6.07) is 9.55. The van der Waals surface area contributed by atoms with E-state index in [0.29, 0.717) is 41.9 Å². The second-order valence-corrected chi connectivity index (χ2v) is 6.40. The van der Waals surface area contributed by atoms with E-state index >= 15 is 0 Å². The Morgan fingerprint density at radius 3 is 2.44 bits per heavy atom. The molecule has 2 aromatic rings. The highest BCUT2D eigenvalue weighted by molar-refractivity contribution is 6.01. The van der Waals surface area contributed by atoms with Gasteiger partial charge in [0.2, 0.25) is 5.75 Å². The SMILES string of the molecule is COc1ccc(-c2cccc3c2CNC3=O)c(OCC(C)C)c1OC. The molecule has 5 nitrogen and oxygen atoms in total. The maximum Gasteiger partial charge on any atom is 0.251 e. The molecule has 0 unspecified atom stereocenters. The van der Waals surface area contributed by atoms with Gasteiger partial charge in [0.25, 0.3) is 5.91 Å². The topological polar surface area (TPSA) is 56.8 Å². The zero-order chi connectivity index (χ0) is 18.0. The molecule has 0 aromatic heterocycles. The third-order valence-electron chi connectivity index (χ3n) is 4.20. The first-order chi connectivity index (χ1) is 12.1. The zero-order valence-electron chi connectivity index (χ0n) is 15.0. The first-order valence-electron chi connectivity index (χ1n) is 8.35. The van der Waals surface area contributed by atoms with Gasteiger partial charge in [-0.3, -0.25) is 4.79 Å². The number of ether oxygens (including phenoxy) is 3. The summed E-state index contributed by atoms with van der Waals surface area (Å²) >= 11 is 0. The number of carbonyl (C=O) groups is 1. The smallest absolute Gasteiger partial charge is 0.251 e. The van der Waals surface area contributed by atoms with E-state index in [4.69, 9.17) is 14.2 Å². The number of nitrogens with one attached hydrogen (secondary N) is 1. The van der Waals surface area contributed by atoms with Crippen molar-refractivity contribution < 1.29 is 19.0 Å². The summed E-state index contributed by atoms with van der Waals surface area (Å²) in [5.74, 6) is 2.15. The summed E-state index contributed by atoms with van der Waals surface area (Å²) in [6.07, 6.45) is 0. The molecule has 0 spiro atoms. The lowest BCUT2D eigenvalue weighted by atomic mass is 9.95. The molecule has 3 rings (SSSR count). The number of benzene rings is 2. The normalized spacial score (nSPS) is 12.8. The quantitative estimate of drug-likeness (QED) is 0.871. The van der Waals surface area contributed by atoms with Crippen molar-refractivity contribution in [1.29, 1.82) is 0 Å². The van der Waals surface area contributed by atoms with Gasteiger partial charge in [0.1, 0.15) is 0 Å². The van der Waals surface area contributed by atoms with Crippen molar-refractivity contribution in [2.24, 2.45) is 5.92 Å². The number of fused-ring (bicyclic) bond motifs is 1. The molecule has 0 atom stereocenters. The Morgan fingerprint density at radius 2 is 1.76 bits per heavy atom. The van der Waals surface area contributed by atoms with Crippen LogP contribution in [0.1, 0.15) is 29.8 Å². The second-order valence-electron chi connectivity index (χ2n) is 6.40. The van der Waals surface area contributed by atoms with Gasteiger partial charge >= 0.3 is 0 Å². The summed E-state index contributed by atoms with van der Waals surface area (Å²) in [4.78, 5) is 12.0.